The van der Waals surface area contributed by atoms with Gasteiger partial charge >= 0.3 is 0 Å². The van der Waals surface area contributed by atoms with Crippen LogP contribution in [0.15, 0.2) is 28.7 Å². The summed E-state index contributed by atoms with van der Waals surface area (Å²) in [7, 11) is 0. The van der Waals surface area contributed by atoms with Crippen LogP contribution < -0.4 is 5.32 Å². The minimum atomic E-state index is -0.953. The average molecular weight is 293 g/mol. The average Bonchev–Trinajstić information content (AvgIpc) is 2.91. The molecule has 0 spiro atoms. The Morgan fingerprint density at radius 1 is 1.38 bits per heavy atom. The van der Waals surface area contributed by atoms with Crippen molar-refractivity contribution < 1.29 is 23.4 Å². The number of rotatable bonds is 3. The Hall–Kier alpha value is -1.92. The van der Waals surface area contributed by atoms with Crippen LogP contribution in [0.25, 0.3) is 11.0 Å². The van der Waals surface area contributed by atoms with Gasteiger partial charge in [0.25, 0.3) is 5.91 Å². The molecule has 1 amide bonds. The van der Waals surface area contributed by atoms with E-state index in [1.165, 1.54) is 12.1 Å². The molecule has 1 aromatic heterocycles. The van der Waals surface area contributed by atoms with Crippen molar-refractivity contribution in [3.63, 3.8) is 0 Å². The summed E-state index contributed by atoms with van der Waals surface area (Å²) >= 11 is 0. The first-order valence-corrected chi connectivity index (χ1v) is 6.84. The van der Waals surface area contributed by atoms with E-state index in [9.17, 15) is 14.3 Å². The molecule has 0 bridgehead atoms. The number of carbonyl (C=O) groups is 1. The molecule has 3 rings (SSSR count). The third-order valence-corrected chi connectivity index (χ3v) is 3.72. The van der Waals surface area contributed by atoms with Crippen LogP contribution in [0.2, 0.25) is 0 Å². The van der Waals surface area contributed by atoms with Crippen LogP contribution in [0.1, 0.15) is 23.4 Å². The highest BCUT2D eigenvalue weighted by molar-refractivity contribution is 5.96. The maximum atomic E-state index is 13.5. The number of amides is 1. The largest absolute Gasteiger partial charge is 0.448 e. The fraction of sp³-hybridized carbons (Fsp3) is 0.400. The lowest BCUT2D eigenvalue weighted by molar-refractivity contribution is -0.0605. The molecule has 2 aromatic rings. The molecule has 6 heteroatoms. The topological polar surface area (TPSA) is 71.7 Å². The van der Waals surface area contributed by atoms with Crippen molar-refractivity contribution in [1.29, 1.82) is 0 Å². The molecule has 112 valence electrons. The monoisotopic (exact) mass is 293 g/mol. The number of hydrogen-bond donors (Lipinski definition) is 2. The van der Waals surface area contributed by atoms with Crippen LogP contribution in [0, 0.1) is 5.82 Å². The van der Waals surface area contributed by atoms with Gasteiger partial charge in [-0.1, -0.05) is 12.1 Å². The van der Waals surface area contributed by atoms with Gasteiger partial charge in [-0.2, -0.15) is 0 Å². The van der Waals surface area contributed by atoms with E-state index in [0.717, 1.165) is 0 Å². The number of aliphatic hydroxyl groups is 1. The van der Waals surface area contributed by atoms with E-state index in [1.807, 2.05) is 0 Å². The third-order valence-electron chi connectivity index (χ3n) is 3.72. The standard InChI is InChI=1S/C15H16FNO4/c16-11-3-1-2-10-8-12(21-13(10)11)14(18)17-9-15(19)4-6-20-7-5-15/h1-3,8,19H,4-7,9H2,(H,17,18). The van der Waals surface area contributed by atoms with Gasteiger partial charge in [-0.15, -0.1) is 0 Å². The number of fused-ring (bicyclic) bond motifs is 1. The van der Waals surface area contributed by atoms with Gasteiger partial charge in [-0.25, -0.2) is 4.39 Å². The van der Waals surface area contributed by atoms with Gasteiger partial charge in [0, 0.05) is 38.0 Å². The van der Waals surface area contributed by atoms with Gasteiger partial charge in [0.15, 0.2) is 17.2 Å². The molecule has 2 heterocycles. The van der Waals surface area contributed by atoms with E-state index >= 15 is 0 Å². The molecule has 1 saturated heterocycles. The zero-order valence-electron chi connectivity index (χ0n) is 11.4. The lowest BCUT2D eigenvalue weighted by Crippen LogP contribution is -2.46. The van der Waals surface area contributed by atoms with E-state index in [-0.39, 0.29) is 17.9 Å². The summed E-state index contributed by atoms with van der Waals surface area (Å²) in [6, 6.07) is 5.99. The number of furan rings is 1. The smallest absolute Gasteiger partial charge is 0.287 e. The van der Waals surface area contributed by atoms with E-state index in [2.05, 4.69) is 5.32 Å². The van der Waals surface area contributed by atoms with Crippen LogP contribution >= 0.6 is 0 Å². The van der Waals surface area contributed by atoms with Gasteiger partial charge < -0.3 is 19.6 Å². The minimum Gasteiger partial charge on any atom is -0.448 e. The van der Waals surface area contributed by atoms with Crippen molar-refractivity contribution in [3.8, 4) is 0 Å². The maximum Gasteiger partial charge on any atom is 0.287 e. The fourth-order valence-electron chi connectivity index (χ4n) is 2.40. The van der Waals surface area contributed by atoms with Crippen LogP contribution in [0.5, 0.6) is 0 Å². The molecular weight excluding hydrogens is 277 g/mol. The van der Waals surface area contributed by atoms with Crippen LogP contribution in [-0.2, 0) is 4.74 Å². The molecule has 2 N–H and O–H groups in total. The number of para-hydroxylation sites is 1. The number of hydrogen-bond acceptors (Lipinski definition) is 4. The minimum absolute atomic E-state index is 0.0331. The van der Waals surface area contributed by atoms with Crippen molar-refractivity contribution in [2.45, 2.75) is 18.4 Å². The second-order valence-corrected chi connectivity index (χ2v) is 5.29. The highest BCUT2D eigenvalue weighted by atomic mass is 19.1. The summed E-state index contributed by atoms with van der Waals surface area (Å²) in [5, 5.41) is 13.4. The maximum absolute atomic E-state index is 13.5. The first-order valence-electron chi connectivity index (χ1n) is 6.84. The lowest BCUT2D eigenvalue weighted by atomic mass is 9.94. The molecule has 21 heavy (non-hydrogen) atoms. The van der Waals surface area contributed by atoms with E-state index < -0.39 is 17.3 Å². The summed E-state index contributed by atoms with van der Waals surface area (Å²) in [5.41, 5.74) is -0.891. The highest BCUT2D eigenvalue weighted by Crippen LogP contribution is 2.23. The Morgan fingerprint density at radius 3 is 2.86 bits per heavy atom. The summed E-state index contributed by atoms with van der Waals surface area (Å²) in [4.78, 5) is 12.0. The first kappa shape index (κ1) is 14.0. The molecule has 0 aliphatic carbocycles. The summed E-state index contributed by atoms with van der Waals surface area (Å²) in [6.07, 6.45) is 0.948. The summed E-state index contributed by atoms with van der Waals surface area (Å²) < 4.78 is 23.9. The van der Waals surface area contributed by atoms with E-state index in [4.69, 9.17) is 9.15 Å². The fourth-order valence-corrected chi connectivity index (χ4v) is 2.40. The van der Waals surface area contributed by atoms with Crippen molar-refractivity contribution >= 4 is 16.9 Å². The Balaban J connectivity index is 1.70. The zero-order chi connectivity index (χ0) is 14.9. The van der Waals surface area contributed by atoms with Gasteiger partial charge in [-0.05, 0) is 12.1 Å². The molecule has 1 aliphatic heterocycles. The highest BCUT2D eigenvalue weighted by Gasteiger charge is 2.30. The zero-order valence-corrected chi connectivity index (χ0v) is 11.4. The Morgan fingerprint density at radius 2 is 2.14 bits per heavy atom. The Labute approximate surface area is 120 Å². The molecular formula is C15H16FNO4. The van der Waals surface area contributed by atoms with Crippen molar-refractivity contribution in [3.05, 3.63) is 35.8 Å². The molecule has 0 saturated carbocycles. The van der Waals surface area contributed by atoms with Crippen molar-refractivity contribution in [2.24, 2.45) is 0 Å². The Kier molecular flexibility index (Phi) is 3.65. The van der Waals surface area contributed by atoms with Crippen LogP contribution in [0.4, 0.5) is 4.39 Å². The van der Waals surface area contributed by atoms with Gasteiger partial charge in [0.2, 0.25) is 0 Å². The predicted molar refractivity (Wildman–Crippen MR) is 73.5 cm³/mol. The summed E-state index contributed by atoms with van der Waals surface area (Å²) in [6.45, 7) is 1.07. The SMILES string of the molecule is O=C(NCC1(O)CCOCC1)c1cc2cccc(F)c2o1. The number of benzene rings is 1. The molecule has 0 atom stereocenters. The number of carbonyl (C=O) groups excluding carboxylic acids is 1. The van der Waals surface area contributed by atoms with Crippen LogP contribution in [-0.4, -0.2) is 36.4 Å². The van der Waals surface area contributed by atoms with Crippen LogP contribution in [0.3, 0.4) is 0 Å². The lowest BCUT2D eigenvalue weighted by Gasteiger charge is -2.31. The number of ether oxygens (including phenoxy) is 1. The predicted octanol–water partition coefficient (Wildman–Crippen LogP) is 1.84. The quantitative estimate of drug-likeness (QED) is 0.906. The molecule has 0 unspecified atom stereocenters. The van der Waals surface area contributed by atoms with Crippen molar-refractivity contribution in [1.82, 2.24) is 5.32 Å². The molecule has 1 fully saturated rings. The number of halogens is 1. The molecule has 0 radical (unpaired) electrons. The molecule has 5 nitrogen and oxygen atoms in total. The summed E-state index contributed by atoms with van der Waals surface area (Å²) in [5.74, 6) is -0.939. The van der Waals surface area contributed by atoms with Gasteiger partial charge in [-0.3, -0.25) is 4.79 Å². The van der Waals surface area contributed by atoms with Gasteiger partial charge in [0.05, 0.1) is 5.60 Å². The van der Waals surface area contributed by atoms with Gasteiger partial charge in [0.1, 0.15) is 0 Å². The second kappa shape index (κ2) is 5.46. The normalized spacial score (nSPS) is 17.8. The molecule has 1 aliphatic rings. The van der Waals surface area contributed by atoms with Crippen molar-refractivity contribution in [2.75, 3.05) is 19.8 Å². The number of nitrogens with one attached hydrogen (secondary N) is 1. The third kappa shape index (κ3) is 2.91. The second-order valence-electron chi connectivity index (χ2n) is 5.29. The Bertz CT molecular complexity index is 661. The van der Waals surface area contributed by atoms with E-state index in [0.29, 0.717) is 31.4 Å². The van der Waals surface area contributed by atoms with E-state index in [1.54, 1.807) is 12.1 Å². The first-order chi connectivity index (χ1) is 10.1. The molecule has 1 aromatic carbocycles.